The normalized spacial score (nSPS) is 10.2. The van der Waals surface area contributed by atoms with E-state index in [1.807, 2.05) is 37.3 Å². The van der Waals surface area contributed by atoms with Crippen LogP contribution in [0.3, 0.4) is 0 Å². The van der Waals surface area contributed by atoms with Gasteiger partial charge in [-0.3, -0.25) is 10.1 Å². The number of anilines is 1. The van der Waals surface area contributed by atoms with E-state index in [0.29, 0.717) is 24.5 Å². The first-order valence-corrected chi connectivity index (χ1v) is 8.28. The number of carbonyl (C=O) groups is 2. The second-order valence-corrected chi connectivity index (χ2v) is 5.97. The second-order valence-electron chi connectivity index (χ2n) is 5.97. The molecule has 0 saturated heterocycles. The average Bonchev–Trinajstić information content (AvgIpc) is 2.61. The first-order chi connectivity index (χ1) is 12.0. The van der Waals surface area contributed by atoms with Gasteiger partial charge in [-0.25, -0.2) is 9.78 Å². The van der Waals surface area contributed by atoms with Gasteiger partial charge in [0.25, 0.3) is 5.91 Å². The smallest absolute Gasteiger partial charge is 0.323 e. The van der Waals surface area contributed by atoms with Gasteiger partial charge in [-0.15, -0.1) is 0 Å². The van der Waals surface area contributed by atoms with Gasteiger partial charge in [-0.1, -0.05) is 37.3 Å². The zero-order chi connectivity index (χ0) is 18.2. The van der Waals surface area contributed by atoms with Gasteiger partial charge >= 0.3 is 6.03 Å². The van der Waals surface area contributed by atoms with Gasteiger partial charge in [0.15, 0.2) is 0 Å². The Kier molecular flexibility index (Phi) is 6.51. The number of hydrogen-bond acceptors (Lipinski definition) is 3. The van der Waals surface area contributed by atoms with Crippen LogP contribution in [-0.2, 0) is 6.54 Å². The third-order valence-corrected chi connectivity index (χ3v) is 3.65. The molecular formula is C19H24N4O2. The lowest BCUT2D eigenvalue weighted by Crippen LogP contribution is -2.35. The number of nitrogens with one attached hydrogen (secondary N) is 1. The van der Waals surface area contributed by atoms with Crippen LogP contribution in [0.2, 0.25) is 0 Å². The van der Waals surface area contributed by atoms with Crippen molar-refractivity contribution in [3.05, 3.63) is 59.8 Å². The monoisotopic (exact) mass is 340 g/mol. The molecule has 1 aromatic heterocycles. The molecule has 2 rings (SSSR count). The summed E-state index contributed by atoms with van der Waals surface area (Å²) in [5, 5.41) is 2.79. The Bertz CT molecular complexity index is 716. The lowest BCUT2D eigenvalue weighted by molar-refractivity contribution is 0.0827. The number of amides is 3. The molecule has 2 aromatic rings. The standard InChI is InChI=1S/C19H24N4O2/c1-4-12-23(14-15-8-6-5-7-9-15)19(25)21-17-13-16(10-11-20-17)18(24)22(2)3/h5-11,13H,4,12,14H2,1-3H3,(H,20,21,25). The van der Waals surface area contributed by atoms with E-state index in [9.17, 15) is 9.59 Å². The van der Waals surface area contributed by atoms with Crippen LogP contribution < -0.4 is 5.32 Å². The van der Waals surface area contributed by atoms with E-state index in [2.05, 4.69) is 10.3 Å². The van der Waals surface area contributed by atoms with Crippen LogP contribution in [0.15, 0.2) is 48.7 Å². The molecule has 6 nitrogen and oxygen atoms in total. The highest BCUT2D eigenvalue weighted by Crippen LogP contribution is 2.11. The Morgan fingerprint density at radius 3 is 2.48 bits per heavy atom. The maximum atomic E-state index is 12.6. The first-order valence-electron chi connectivity index (χ1n) is 8.28. The summed E-state index contributed by atoms with van der Waals surface area (Å²) in [4.78, 5) is 32.0. The van der Waals surface area contributed by atoms with Crippen molar-refractivity contribution in [3.63, 3.8) is 0 Å². The summed E-state index contributed by atoms with van der Waals surface area (Å²) >= 11 is 0. The van der Waals surface area contributed by atoms with Crippen LogP contribution in [0.5, 0.6) is 0 Å². The maximum Gasteiger partial charge on any atom is 0.323 e. The molecule has 6 heteroatoms. The molecule has 1 N–H and O–H groups in total. The molecule has 0 saturated carbocycles. The fraction of sp³-hybridized carbons (Fsp3) is 0.316. The van der Waals surface area contributed by atoms with Crippen LogP contribution in [-0.4, -0.2) is 47.4 Å². The molecule has 0 bridgehead atoms. The Hall–Kier alpha value is -2.89. The molecule has 0 aliphatic carbocycles. The van der Waals surface area contributed by atoms with Gasteiger partial charge in [0, 0.05) is 38.9 Å². The van der Waals surface area contributed by atoms with Crippen molar-refractivity contribution in [2.75, 3.05) is 26.0 Å². The number of nitrogens with zero attached hydrogens (tertiary/aromatic N) is 3. The van der Waals surface area contributed by atoms with Crippen molar-refractivity contribution >= 4 is 17.8 Å². The van der Waals surface area contributed by atoms with Crippen molar-refractivity contribution < 1.29 is 9.59 Å². The molecule has 132 valence electrons. The molecule has 0 atom stereocenters. The predicted molar refractivity (Wildman–Crippen MR) is 98.4 cm³/mol. The minimum atomic E-state index is -0.229. The van der Waals surface area contributed by atoms with E-state index < -0.39 is 0 Å². The van der Waals surface area contributed by atoms with Crippen LogP contribution in [0.1, 0.15) is 29.3 Å². The topological polar surface area (TPSA) is 65.5 Å². The zero-order valence-corrected chi connectivity index (χ0v) is 14.9. The van der Waals surface area contributed by atoms with Gasteiger partial charge < -0.3 is 9.80 Å². The van der Waals surface area contributed by atoms with E-state index >= 15 is 0 Å². The van der Waals surface area contributed by atoms with E-state index in [4.69, 9.17) is 0 Å². The summed E-state index contributed by atoms with van der Waals surface area (Å²) in [7, 11) is 3.37. The fourth-order valence-electron chi connectivity index (χ4n) is 2.40. The summed E-state index contributed by atoms with van der Waals surface area (Å²) in [5.74, 6) is 0.236. The second kappa shape index (κ2) is 8.82. The maximum absolute atomic E-state index is 12.6. The minimum absolute atomic E-state index is 0.132. The number of urea groups is 1. The molecule has 0 spiro atoms. The summed E-state index contributed by atoms with van der Waals surface area (Å²) in [6, 6.07) is 12.8. The molecule has 3 amide bonds. The number of aromatic nitrogens is 1. The Balaban J connectivity index is 2.10. The number of benzene rings is 1. The number of rotatable bonds is 6. The number of pyridine rings is 1. The van der Waals surface area contributed by atoms with Crippen molar-refractivity contribution in [3.8, 4) is 0 Å². The SMILES string of the molecule is CCCN(Cc1ccccc1)C(=O)Nc1cc(C(=O)N(C)C)ccn1. The molecule has 0 fully saturated rings. The van der Waals surface area contributed by atoms with Gasteiger partial charge in [-0.2, -0.15) is 0 Å². The molecule has 0 radical (unpaired) electrons. The van der Waals surface area contributed by atoms with E-state index in [1.54, 1.807) is 31.1 Å². The Morgan fingerprint density at radius 1 is 1.12 bits per heavy atom. The third kappa shape index (κ3) is 5.31. The molecule has 0 unspecified atom stereocenters. The van der Waals surface area contributed by atoms with Crippen molar-refractivity contribution in [1.29, 1.82) is 0 Å². The molecule has 1 heterocycles. The van der Waals surface area contributed by atoms with E-state index in [-0.39, 0.29) is 11.9 Å². The van der Waals surface area contributed by atoms with Gasteiger partial charge in [-0.05, 0) is 24.1 Å². The predicted octanol–water partition coefficient (Wildman–Crippen LogP) is 3.23. The fourth-order valence-corrected chi connectivity index (χ4v) is 2.40. The highest BCUT2D eigenvalue weighted by atomic mass is 16.2. The van der Waals surface area contributed by atoms with Gasteiger partial charge in [0.2, 0.25) is 0 Å². The van der Waals surface area contributed by atoms with E-state index in [1.165, 1.54) is 11.1 Å². The Morgan fingerprint density at radius 2 is 1.84 bits per heavy atom. The summed E-state index contributed by atoms with van der Waals surface area (Å²) < 4.78 is 0. The molecule has 0 aliphatic rings. The van der Waals surface area contributed by atoms with Crippen molar-refractivity contribution in [2.45, 2.75) is 19.9 Å². The lowest BCUT2D eigenvalue weighted by Gasteiger charge is -2.22. The minimum Gasteiger partial charge on any atom is -0.345 e. The highest BCUT2D eigenvalue weighted by Gasteiger charge is 2.15. The largest absolute Gasteiger partial charge is 0.345 e. The van der Waals surface area contributed by atoms with Crippen LogP contribution in [0.25, 0.3) is 0 Å². The number of hydrogen-bond donors (Lipinski definition) is 1. The van der Waals surface area contributed by atoms with Crippen LogP contribution >= 0.6 is 0 Å². The zero-order valence-electron chi connectivity index (χ0n) is 14.9. The first kappa shape index (κ1) is 18.4. The number of carbonyl (C=O) groups excluding carboxylic acids is 2. The average molecular weight is 340 g/mol. The quantitative estimate of drug-likeness (QED) is 0.878. The van der Waals surface area contributed by atoms with Gasteiger partial charge in [0.05, 0.1) is 0 Å². The van der Waals surface area contributed by atoms with E-state index in [0.717, 1.165) is 12.0 Å². The van der Waals surface area contributed by atoms with Crippen LogP contribution in [0, 0.1) is 0 Å². The van der Waals surface area contributed by atoms with Crippen LogP contribution in [0.4, 0.5) is 10.6 Å². The molecule has 25 heavy (non-hydrogen) atoms. The Labute approximate surface area is 148 Å². The van der Waals surface area contributed by atoms with Gasteiger partial charge in [0.1, 0.15) is 5.82 Å². The van der Waals surface area contributed by atoms with Crippen molar-refractivity contribution in [1.82, 2.24) is 14.8 Å². The molecular weight excluding hydrogens is 316 g/mol. The lowest BCUT2D eigenvalue weighted by atomic mass is 10.2. The summed E-state index contributed by atoms with van der Waals surface area (Å²) in [5.41, 5.74) is 1.55. The third-order valence-electron chi connectivity index (χ3n) is 3.65. The summed E-state index contributed by atoms with van der Waals surface area (Å²) in [6.45, 7) is 3.19. The molecule has 0 aliphatic heterocycles. The molecule has 1 aromatic carbocycles. The van der Waals surface area contributed by atoms with Crippen molar-refractivity contribution in [2.24, 2.45) is 0 Å². The highest BCUT2D eigenvalue weighted by molar-refractivity contribution is 5.96. The summed E-state index contributed by atoms with van der Waals surface area (Å²) in [6.07, 6.45) is 2.38.